The quantitative estimate of drug-likeness (QED) is 0.0959. The van der Waals surface area contributed by atoms with Gasteiger partial charge < -0.3 is 9.80 Å². The lowest BCUT2D eigenvalue weighted by Crippen LogP contribution is -2.29. The summed E-state index contributed by atoms with van der Waals surface area (Å²) in [6.07, 6.45) is 9.53. The molecule has 0 unspecified atom stereocenters. The molecule has 66 heavy (non-hydrogen) atoms. The first kappa shape index (κ1) is 41.1. The smallest absolute Gasteiger partial charge is 0.303 e. The molecule has 8 aromatic rings. The first-order chi connectivity index (χ1) is 32.5. The molecule has 0 bridgehead atoms. The number of allylic oxidation sites excluding steroid dienone is 2. The Bertz CT molecular complexity index is 3230. The van der Waals surface area contributed by atoms with Crippen LogP contribution in [0.5, 0.6) is 0 Å². The zero-order valence-corrected chi connectivity index (χ0v) is 37.9. The molecule has 0 aromatic heterocycles. The van der Waals surface area contributed by atoms with Gasteiger partial charge in [0.1, 0.15) is 17.7 Å². The molecule has 0 spiro atoms. The van der Waals surface area contributed by atoms with Crippen molar-refractivity contribution in [2.45, 2.75) is 52.4 Å². The van der Waals surface area contributed by atoms with E-state index < -0.39 is 0 Å². The molecule has 5 nitrogen and oxygen atoms in total. The molecule has 0 fully saturated rings. The lowest BCUT2D eigenvalue weighted by molar-refractivity contribution is -0.437. The molecule has 3 aliphatic rings. The lowest BCUT2D eigenvalue weighted by Gasteiger charge is -2.28. The summed E-state index contributed by atoms with van der Waals surface area (Å²) in [5, 5.41) is 5.21. The van der Waals surface area contributed by atoms with Crippen LogP contribution >= 0.6 is 0 Å². The number of amidine groups is 2. The molecule has 322 valence electrons. The van der Waals surface area contributed by atoms with Gasteiger partial charge in [0.2, 0.25) is 0 Å². The predicted molar refractivity (Wildman–Crippen MR) is 278 cm³/mol. The van der Waals surface area contributed by atoms with Gasteiger partial charge in [-0.3, -0.25) is 0 Å². The Morgan fingerprint density at radius 1 is 0.591 bits per heavy atom. The van der Waals surface area contributed by atoms with Gasteiger partial charge in [-0.2, -0.15) is 0 Å². The van der Waals surface area contributed by atoms with E-state index in [4.69, 9.17) is 9.98 Å². The summed E-state index contributed by atoms with van der Waals surface area (Å²) in [7, 11) is 0. The minimum Gasteiger partial charge on any atom is -0.329 e. The topological polar surface area (TPSA) is 34.2 Å². The number of hydrogen-bond acceptors (Lipinski definition) is 3. The van der Waals surface area contributed by atoms with Gasteiger partial charge in [0, 0.05) is 53.8 Å². The number of nitrogens with zero attached hydrogens (tertiary/aromatic N) is 5. The van der Waals surface area contributed by atoms with Crippen molar-refractivity contribution in [3.63, 3.8) is 0 Å². The second-order valence-corrected chi connectivity index (χ2v) is 18.0. The van der Waals surface area contributed by atoms with Gasteiger partial charge in [-0.25, -0.2) is 9.57 Å². The summed E-state index contributed by atoms with van der Waals surface area (Å²) >= 11 is 0. The van der Waals surface area contributed by atoms with Crippen LogP contribution < -0.4 is 9.80 Å². The van der Waals surface area contributed by atoms with E-state index in [9.17, 15) is 0 Å². The predicted octanol–water partition coefficient (Wildman–Crippen LogP) is 14.0. The van der Waals surface area contributed by atoms with E-state index >= 15 is 0 Å². The molecule has 0 saturated carbocycles. The van der Waals surface area contributed by atoms with E-state index in [2.05, 4.69) is 223 Å². The van der Waals surface area contributed by atoms with Crippen molar-refractivity contribution in [2.24, 2.45) is 9.98 Å². The average Bonchev–Trinajstić information content (AvgIpc) is 4.03. The van der Waals surface area contributed by atoms with Gasteiger partial charge in [0.15, 0.2) is 0 Å². The summed E-state index contributed by atoms with van der Waals surface area (Å²) in [6.45, 7) is 6.08. The van der Waals surface area contributed by atoms with Crippen LogP contribution in [0, 0.1) is 13.8 Å². The fourth-order valence-electron chi connectivity index (χ4n) is 10.4. The number of benzene rings is 8. The van der Waals surface area contributed by atoms with Crippen LogP contribution in [-0.4, -0.2) is 35.6 Å². The largest absolute Gasteiger partial charge is 0.329 e. The minimum absolute atomic E-state index is 0.803. The van der Waals surface area contributed by atoms with Crippen LogP contribution in [0.4, 0.5) is 22.7 Å². The van der Waals surface area contributed by atoms with E-state index in [0.29, 0.717) is 0 Å². The minimum atomic E-state index is 0.803. The van der Waals surface area contributed by atoms with Crippen LogP contribution in [-0.2, 0) is 25.7 Å². The number of fused-ring (bicyclic) bond motifs is 4. The molecule has 0 amide bonds. The second-order valence-electron chi connectivity index (χ2n) is 18.0. The van der Waals surface area contributed by atoms with Crippen LogP contribution in [0.1, 0.15) is 46.2 Å². The van der Waals surface area contributed by atoms with Gasteiger partial charge in [0.25, 0.3) is 0 Å². The first-order valence-electron chi connectivity index (χ1n) is 23.5. The highest BCUT2D eigenvalue weighted by Gasteiger charge is 2.32. The van der Waals surface area contributed by atoms with Crippen molar-refractivity contribution in [2.75, 3.05) is 22.9 Å². The first-order valence-corrected chi connectivity index (χ1v) is 23.5. The Morgan fingerprint density at radius 3 is 1.89 bits per heavy atom. The van der Waals surface area contributed by atoms with E-state index in [0.717, 1.165) is 80.4 Å². The van der Waals surface area contributed by atoms with E-state index in [1.165, 1.54) is 77.4 Å². The third-order valence-electron chi connectivity index (χ3n) is 13.6. The third kappa shape index (κ3) is 8.18. The van der Waals surface area contributed by atoms with Gasteiger partial charge in [-0.1, -0.05) is 162 Å². The molecule has 5 heteroatoms. The molecule has 0 saturated heterocycles. The lowest BCUT2D eigenvalue weighted by atomic mass is 10.0. The number of anilines is 3. The molecular formula is C61H54N5+. The van der Waals surface area contributed by atoms with E-state index in [1.54, 1.807) is 0 Å². The van der Waals surface area contributed by atoms with Crippen LogP contribution in [0.25, 0.3) is 21.5 Å². The molecule has 1 aliphatic carbocycles. The maximum atomic E-state index is 5.48. The van der Waals surface area contributed by atoms with Crippen LogP contribution in [0.15, 0.2) is 215 Å². The van der Waals surface area contributed by atoms with Crippen molar-refractivity contribution in [3.05, 3.63) is 238 Å². The van der Waals surface area contributed by atoms with Crippen LogP contribution in [0.3, 0.4) is 0 Å². The van der Waals surface area contributed by atoms with E-state index in [-0.39, 0.29) is 0 Å². The van der Waals surface area contributed by atoms with E-state index in [1.807, 2.05) is 0 Å². The number of rotatable bonds is 11. The molecule has 0 N–H and O–H groups in total. The Labute approximate surface area is 388 Å². The molecule has 0 radical (unpaired) electrons. The summed E-state index contributed by atoms with van der Waals surface area (Å²) in [4.78, 5) is 15.8. The molecule has 0 atom stereocenters. The van der Waals surface area contributed by atoms with Gasteiger partial charge in [0.05, 0.1) is 18.7 Å². The summed E-state index contributed by atoms with van der Waals surface area (Å²) in [5.41, 5.74) is 16.3. The Hall–Kier alpha value is -7.63. The highest BCUT2D eigenvalue weighted by atomic mass is 15.2. The molecule has 2 heterocycles. The fraction of sp³-hybridized carbons (Fsp3) is 0.164. The molecular weight excluding hydrogens is 803 g/mol. The highest BCUT2D eigenvalue weighted by Crippen LogP contribution is 2.41. The van der Waals surface area contributed by atoms with Crippen LogP contribution in [0.2, 0.25) is 0 Å². The second kappa shape index (κ2) is 18.1. The van der Waals surface area contributed by atoms with Crippen molar-refractivity contribution < 1.29 is 4.58 Å². The maximum Gasteiger partial charge on any atom is 0.303 e. The molecule has 2 aliphatic heterocycles. The SMILES string of the molecule is Cc1ccc2c(c1)CC(=N/C=C1\CCC(C=NC3=[N+](CCc4cccc5ccccc45)c4ccc(C)cc4C3)=C1N(c1ccccc1)c1ccccc1)N2CCc1cccc2ccccc12. The standard InChI is InChI=1S/C61H54N5/c1-43-27-31-57-51(37-43)39-59(64(57)35-33-47-19-13-17-45-15-9-11-25-55(45)47)62-41-49-29-30-50(61(49)66(53-21-5-3-6-22-53)54-23-7-4-8-24-54)42-63-60-40-52-38-44(2)28-32-58(52)65(60)36-34-48-20-14-18-46-16-10-12-26-56(46)48/h3-28,31-32,37-38,41-42H,29-30,33-36,39-40H2,1-2H3/q+1. The highest BCUT2D eigenvalue weighted by molar-refractivity contribution is 6.06. The van der Waals surface area contributed by atoms with Crippen molar-refractivity contribution in [1.29, 1.82) is 0 Å². The third-order valence-corrected chi connectivity index (χ3v) is 13.6. The van der Waals surface area contributed by atoms with Gasteiger partial charge >= 0.3 is 5.84 Å². The molecule has 11 rings (SSSR count). The normalized spacial score (nSPS) is 15.9. The van der Waals surface area contributed by atoms with Crippen molar-refractivity contribution >= 4 is 62.2 Å². The maximum absolute atomic E-state index is 5.48. The number of hydrogen-bond donors (Lipinski definition) is 0. The number of aliphatic imine (C=N–C) groups is 2. The summed E-state index contributed by atoms with van der Waals surface area (Å²) < 4.78 is 2.46. The van der Waals surface area contributed by atoms with Crippen molar-refractivity contribution in [1.82, 2.24) is 0 Å². The zero-order valence-electron chi connectivity index (χ0n) is 37.9. The monoisotopic (exact) mass is 856 g/mol. The van der Waals surface area contributed by atoms with Crippen molar-refractivity contribution in [3.8, 4) is 0 Å². The number of para-hydroxylation sites is 2. The number of aryl methyl sites for hydroxylation is 2. The Kier molecular flexibility index (Phi) is 11.3. The average molecular weight is 857 g/mol. The zero-order chi connectivity index (χ0) is 44.4. The Morgan fingerprint density at radius 2 is 1.20 bits per heavy atom. The molecule has 8 aromatic carbocycles. The Balaban J connectivity index is 0.991. The van der Waals surface area contributed by atoms with Gasteiger partial charge in [-0.15, -0.1) is 0 Å². The summed E-state index contributed by atoms with van der Waals surface area (Å²) in [5.74, 6) is 2.18. The fourth-order valence-corrected chi connectivity index (χ4v) is 10.4. The summed E-state index contributed by atoms with van der Waals surface area (Å²) in [6, 6.07) is 66.1. The van der Waals surface area contributed by atoms with Gasteiger partial charge in [-0.05, 0) is 113 Å².